The highest BCUT2D eigenvalue weighted by molar-refractivity contribution is 6.30. The molecular formula is C15H23ClNO2+. The fraction of sp³-hybridized carbons (Fsp3) is 0.600. The zero-order chi connectivity index (χ0) is 13.5. The third-order valence-corrected chi connectivity index (χ3v) is 3.75. The summed E-state index contributed by atoms with van der Waals surface area (Å²) in [5.74, 6) is 0.947. The predicted octanol–water partition coefficient (Wildman–Crippen LogP) is 1.72. The van der Waals surface area contributed by atoms with E-state index in [9.17, 15) is 0 Å². The maximum Gasteiger partial charge on any atom is 0.122 e. The lowest BCUT2D eigenvalue weighted by Crippen LogP contribution is -3.14. The molecule has 2 rings (SSSR count). The average Bonchev–Trinajstić information content (AvgIpc) is 2.42. The van der Waals surface area contributed by atoms with E-state index in [0.29, 0.717) is 0 Å². The van der Waals surface area contributed by atoms with Crippen LogP contribution in [0.1, 0.15) is 18.4 Å². The van der Waals surface area contributed by atoms with E-state index in [1.165, 1.54) is 13.0 Å². The Morgan fingerprint density at radius 2 is 2.05 bits per heavy atom. The van der Waals surface area contributed by atoms with Crippen LogP contribution in [0.3, 0.4) is 0 Å². The molecule has 1 heterocycles. The molecule has 0 aliphatic carbocycles. The lowest BCUT2D eigenvalue weighted by molar-refractivity contribution is -0.908. The Morgan fingerprint density at radius 1 is 1.26 bits per heavy atom. The molecule has 19 heavy (non-hydrogen) atoms. The second kappa shape index (κ2) is 7.73. The molecule has 0 bridgehead atoms. The number of halogens is 1. The summed E-state index contributed by atoms with van der Waals surface area (Å²) in [5.41, 5.74) is 1.10. The van der Waals surface area contributed by atoms with Crippen molar-refractivity contribution in [1.82, 2.24) is 0 Å². The fourth-order valence-electron chi connectivity index (χ4n) is 2.34. The van der Waals surface area contributed by atoms with E-state index >= 15 is 0 Å². The second-order valence-corrected chi connectivity index (χ2v) is 5.51. The molecule has 1 aromatic rings. The molecule has 0 atom stereocenters. The van der Waals surface area contributed by atoms with Gasteiger partial charge >= 0.3 is 0 Å². The van der Waals surface area contributed by atoms with Crippen molar-refractivity contribution in [3.05, 3.63) is 28.8 Å². The van der Waals surface area contributed by atoms with Crippen molar-refractivity contribution in [1.29, 1.82) is 0 Å². The Balaban J connectivity index is 1.61. The number of nitrogens with one attached hydrogen (secondary N) is 1. The molecular weight excluding hydrogens is 262 g/mol. The molecule has 1 fully saturated rings. The van der Waals surface area contributed by atoms with Gasteiger partial charge < -0.3 is 14.4 Å². The molecule has 0 unspecified atom stereocenters. The van der Waals surface area contributed by atoms with Gasteiger partial charge in [-0.15, -0.1) is 0 Å². The largest absolute Gasteiger partial charge is 0.493 e. The summed E-state index contributed by atoms with van der Waals surface area (Å²) in [6.45, 7) is 8.16. The van der Waals surface area contributed by atoms with Crippen LogP contribution in [0.25, 0.3) is 0 Å². The van der Waals surface area contributed by atoms with E-state index in [0.717, 1.165) is 55.7 Å². The standard InChI is InChI=1S/C15H22ClNO2/c1-13-12-14(16)4-5-15(13)19-9-3-2-6-17-7-10-18-11-8-17/h4-5,12H,2-3,6-11H2,1H3/p+1. The highest BCUT2D eigenvalue weighted by Gasteiger charge is 2.12. The van der Waals surface area contributed by atoms with Crippen LogP contribution in [0.2, 0.25) is 5.02 Å². The minimum atomic E-state index is 0.765. The van der Waals surface area contributed by atoms with Crippen molar-refractivity contribution in [2.45, 2.75) is 19.8 Å². The van der Waals surface area contributed by atoms with Gasteiger partial charge in [-0.1, -0.05) is 11.6 Å². The first-order valence-corrected chi connectivity index (χ1v) is 7.44. The summed E-state index contributed by atoms with van der Waals surface area (Å²) in [4.78, 5) is 1.66. The van der Waals surface area contributed by atoms with Crippen LogP contribution in [0.15, 0.2) is 18.2 Å². The van der Waals surface area contributed by atoms with Gasteiger partial charge in [-0.25, -0.2) is 0 Å². The van der Waals surface area contributed by atoms with Crippen LogP contribution in [0.5, 0.6) is 5.75 Å². The number of ether oxygens (including phenoxy) is 2. The molecule has 1 saturated heterocycles. The summed E-state index contributed by atoms with van der Waals surface area (Å²) in [6.07, 6.45) is 2.31. The first-order chi connectivity index (χ1) is 9.25. The van der Waals surface area contributed by atoms with Crippen molar-refractivity contribution in [2.75, 3.05) is 39.5 Å². The molecule has 1 N–H and O–H groups in total. The average molecular weight is 285 g/mol. The molecule has 1 aliphatic rings. The Morgan fingerprint density at radius 3 is 2.79 bits per heavy atom. The van der Waals surface area contributed by atoms with Gasteiger partial charge in [0.1, 0.15) is 18.8 Å². The van der Waals surface area contributed by atoms with Gasteiger partial charge in [-0.2, -0.15) is 0 Å². The topological polar surface area (TPSA) is 22.9 Å². The number of hydrogen-bond acceptors (Lipinski definition) is 2. The van der Waals surface area contributed by atoms with E-state index in [-0.39, 0.29) is 0 Å². The first-order valence-electron chi connectivity index (χ1n) is 7.06. The minimum absolute atomic E-state index is 0.765. The quantitative estimate of drug-likeness (QED) is 0.804. The lowest BCUT2D eigenvalue weighted by atomic mass is 10.2. The minimum Gasteiger partial charge on any atom is -0.493 e. The van der Waals surface area contributed by atoms with Crippen LogP contribution in [-0.2, 0) is 4.74 Å². The normalized spacial score (nSPS) is 16.5. The zero-order valence-electron chi connectivity index (χ0n) is 11.6. The third kappa shape index (κ3) is 5.01. The summed E-state index contributed by atoms with van der Waals surface area (Å²) in [6, 6.07) is 5.77. The summed E-state index contributed by atoms with van der Waals surface area (Å²) < 4.78 is 11.1. The Kier molecular flexibility index (Phi) is 5.95. The smallest absolute Gasteiger partial charge is 0.122 e. The fourth-order valence-corrected chi connectivity index (χ4v) is 2.57. The van der Waals surface area contributed by atoms with Gasteiger partial charge in [0, 0.05) is 5.02 Å². The molecule has 106 valence electrons. The predicted molar refractivity (Wildman–Crippen MR) is 77.3 cm³/mol. The third-order valence-electron chi connectivity index (χ3n) is 3.52. The molecule has 0 aromatic heterocycles. The van der Waals surface area contributed by atoms with E-state index in [4.69, 9.17) is 21.1 Å². The molecule has 4 heteroatoms. The van der Waals surface area contributed by atoms with Crippen LogP contribution in [-0.4, -0.2) is 39.5 Å². The van der Waals surface area contributed by atoms with Crippen LogP contribution < -0.4 is 9.64 Å². The Hall–Kier alpha value is -0.770. The van der Waals surface area contributed by atoms with Crippen molar-refractivity contribution < 1.29 is 14.4 Å². The zero-order valence-corrected chi connectivity index (χ0v) is 12.3. The van der Waals surface area contributed by atoms with Crippen molar-refractivity contribution in [3.63, 3.8) is 0 Å². The first kappa shape index (κ1) is 14.6. The van der Waals surface area contributed by atoms with Crippen LogP contribution >= 0.6 is 11.6 Å². The van der Waals surface area contributed by atoms with Crippen LogP contribution in [0, 0.1) is 6.92 Å². The highest BCUT2D eigenvalue weighted by atomic mass is 35.5. The van der Waals surface area contributed by atoms with E-state index in [2.05, 4.69) is 0 Å². The number of morpholine rings is 1. The molecule has 1 aliphatic heterocycles. The second-order valence-electron chi connectivity index (χ2n) is 5.08. The molecule has 0 spiro atoms. The van der Waals surface area contributed by atoms with Crippen molar-refractivity contribution >= 4 is 11.6 Å². The van der Waals surface area contributed by atoms with Gasteiger partial charge in [-0.05, 0) is 43.5 Å². The number of aryl methyl sites for hydroxylation is 1. The summed E-state index contributed by atoms with van der Waals surface area (Å²) >= 11 is 5.92. The molecule has 3 nitrogen and oxygen atoms in total. The Bertz CT molecular complexity index is 392. The van der Waals surface area contributed by atoms with E-state index < -0.39 is 0 Å². The number of hydrogen-bond donors (Lipinski definition) is 1. The molecule has 0 saturated carbocycles. The van der Waals surface area contributed by atoms with Gasteiger partial charge in [0.2, 0.25) is 0 Å². The molecule has 0 amide bonds. The van der Waals surface area contributed by atoms with Crippen molar-refractivity contribution in [3.8, 4) is 5.75 Å². The summed E-state index contributed by atoms with van der Waals surface area (Å²) in [7, 11) is 0. The monoisotopic (exact) mass is 284 g/mol. The van der Waals surface area contributed by atoms with Crippen LogP contribution in [0.4, 0.5) is 0 Å². The number of unbranched alkanes of at least 4 members (excludes halogenated alkanes) is 1. The van der Waals surface area contributed by atoms with Gasteiger partial charge in [0.05, 0.1) is 26.4 Å². The molecule has 1 aromatic carbocycles. The molecule has 0 radical (unpaired) electrons. The number of benzene rings is 1. The maximum absolute atomic E-state index is 5.92. The van der Waals surface area contributed by atoms with Gasteiger partial charge in [0.15, 0.2) is 0 Å². The maximum atomic E-state index is 5.92. The van der Waals surface area contributed by atoms with E-state index in [1.54, 1.807) is 4.90 Å². The number of quaternary nitrogens is 1. The SMILES string of the molecule is Cc1cc(Cl)ccc1OCCCC[NH+]1CCOCC1. The highest BCUT2D eigenvalue weighted by Crippen LogP contribution is 2.21. The summed E-state index contributed by atoms with van der Waals surface area (Å²) in [5, 5.41) is 0.765. The lowest BCUT2D eigenvalue weighted by Gasteiger charge is -2.23. The van der Waals surface area contributed by atoms with Gasteiger partial charge in [0.25, 0.3) is 0 Å². The van der Waals surface area contributed by atoms with E-state index in [1.807, 2.05) is 25.1 Å². The number of rotatable bonds is 6. The Labute approximate surface area is 120 Å². The van der Waals surface area contributed by atoms with Crippen molar-refractivity contribution in [2.24, 2.45) is 0 Å². The van der Waals surface area contributed by atoms with Gasteiger partial charge in [-0.3, -0.25) is 0 Å².